The number of amides is 3. The highest BCUT2D eigenvalue weighted by molar-refractivity contribution is 6.06. The molecule has 0 aromatic carbocycles. The molecule has 8 heteroatoms. The van der Waals surface area contributed by atoms with Gasteiger partial charge in [-0.2, -0.15) is 0 Å². The monoisotopic (exact) mass is 397 g/mol. The highest BCUT2D eigenvalue weighted by atomic mass is 16.5. The van der Waals surface area contributed by atoms with Crippen LogP contribution in [0.3, 0.4) is 0 Å². The van der Waals surface area contributed by atoms with Crippen LogP contribution in [-0.2, 0) is 9.53 Å². The Morgan fingerprint density at radius 1 is 1.24 bits per heavy atom. The number of aryl methyl sites for hydroxylation is 1. The number of imide groups is 1. The number of urea groups is 1. The zero-order valence-corrected chi connectivity index (χ0v) is 16.7. The summed E-state index contributed by atoms with van der Waals surface area (Å²) in [6.07, 6.45) is 8.53. The molecule has 1 atom stereocenters. The van der Waals surface area contributed by atoms with Crippen molar-refractivity contribution >= 4 is 28.7 Å². The van der Waals surface area contributed by atoms with Crippen molar-refractivity contribution in [1.29, 1.82) is 0 Å². The second-order valence-corrected chi connectivity index (χ2v) is 8.48. The van der Waals surface area contributed by atoms with Gasteiger partial charge >= 0.3 is 6.03 Å². The van der Waals surface area contributed by atoms with Crippen molar-refractivity contribution in [3.8, 4) is 0 Å². The molecule has 8 nitrogen and oxygen atoms in total. The second-order valence-electron chi connectivity index (χ2n) is 8.48. The Labute approximate surface area is 169 Å². The van der Waals surface area contributed by atoms with E-state index in [1.807, 2.05) is 6.07 Å². The number of hydrogen-bond acceptors (Lipinski definition) is 5. The van der Waals surface area contributed by atoms with Crippen molar-refractivity contribution in [3.63, 3.8) is 0 Å². The molecule has 0 aliphatic carbocycles. The van der Waals surface area contributed by atoms with E-state index in [9.17, 15) is 9.59 Å². The lowest BCUT2D eigenvalue weighted by molar-refractivity contribution is -0.120. The van der Waals surface area contributed by atoms with Crippen LogP contribution in [0.25, 0.3) is 11.0 Å². The molecule has 2 aromatic rings. The molecule has 1 unspecified atom stereocenters. The number of hydrogen-bond donors (Lipinski definition) is 2. The molecule has 3 aliphatic heterocycles. The van der Waals surface area contributed by atoms with Crippen LogP contribution in [0.4, 0.5) is 10.5 Å². The lowest BCUT2D eigenvalue weighted by Gasteiger charge is -2.43. The first-order chi connectivity index (χ1) is 14.0. The number of pyridine rings is 1. The Morgan fingerprint density at radius 3 is 2.79 bits per heavy atom. The topological polar surface area (TPSA) is 88.5 Å². The minimum absolute atomic E-state index is 0.0550. The van der Waals surface area contributed by atoms with Gasteiger partial charge in [0.15, 0.2) is 0 Å². The molecule has 3 saturated heterocycles. The van der Waals surface area contributed by atoms with E-state index in [2.05, 4.69) is 28.3 Å². The first-order valence-corrected chi connectivity index (χ1v) is 10.5. The van der Waals surface area contributed by atoms with Crippen molar-refractivity contribution < 1.29 is 14.3 Å². The standard InChI is InChI=1S/C21H27N5O3/c1-14-12-26(15-2-4-21(29-13-15)5-7-22-8-6-21)19-17(14)10-16(11-23-19)25-9-3-18(27)24-20(25)28/h10-12,15,22H,2-9,13H2,1H3,(H,24,27,28). The molecule has 2 aromatic heterocycles. The average molecular weight is 397 g/mol. The lowest BCUT2D eigenvalue weighted by Crippen LogP contribution is -2.49. The molecule has 2 N–H and O–H groups in total. The summed E-state index contributed by atoms with van der Waals surface area (Å²) >= 11 is 0. The van der Waals surface area contributed by atoms with E-state index in [1.165, 1.54) is 0 Å². The quantitative estimate of drug-likeness (QED) is 0.812. The maximum absolute atomic E-state index is 12.2. The van der Waals surface area contributed by atoms with Gasteiger partial charge < -0.3 is 14.6 Å². The van der Waals surface area contributed by atoms with Crippen molar-refractivity contribution in [2.24, 2.45) is 0 Å². The summed E-state index contributed by atoms with van der Waals surface area (Å²) in [5, 5.41) is 6.82. The number of nitrogens with zero attached hydrogens (tertiary/aromatic N) is 3. The third-order valence-electron chi connectivity index (χ3n) is 6.64. The van der Waals surface area contributed by atoms with Gasteiger partial charge in [-0.25, -0.2) is 9.78 Å². The molecule has 5 rings (SSSR count). The number of carbonyl (C=O) groups is 2. The highest BCUT2D eigenvalue weighted by Crippen LogP contribution is 2.38. The number of anilines is 1. The van der Waals surface area contributed by atoms with Gasteiger partial charge in [0.05, 0.1) is 30.1 Å². The minimum atomic E-state index is -0.382. The van der Waals surface area contributed by atoms with Crippen molar-refractivity contribution in [1.82, 2.24) is 20.2 Å². The minimum Gasteiger partial charge on any atom is -0.373 e. The number of piperidine rings is 1. The van der Waals surface area contributed by atoms with Crippen molar-refractivity contribution in [3.05, 3.63) is 24.0 Å². The SMILES string of the molecule is Cc1cn(C2CCC3(CCNCC3)OC2)c2ncc(N3CCC(=O)NC3=O)cc12. The smallest absolute Gasteiger partial charge is 0.328 e. The van der Waals surface area contributed by atoms with Crippen LogP contribution in [0.15, 0.2) is 18.5 Å². The molecule has 5 heterocycles. The molecule has 3 amide bonds. The van der Waals surface area contributed by atoms with Crippen molar-refractivity contribution in [2.45, 2.75) is 50.7 Å². The van der Waals surface area contributed by atoms with E-state index in [4.69, 9.17) is 9.72 Å². The Bertz CT molecular complexity index is 953. The third-order valence-corrected chi connectivity index (χ3v) is 6.64. The van der Waals surface area contributed by atoms with Gasteiger partial charge in [0.1, 0.15) is 5.65 Å². The van der Waals surface area contributed by atoms with Gasteiger partial charge in [0, 0.05) is 24.5 Å². The number of fused-ring (bicyclic) bond motifs is 1. The normalized spacial score (nSPS) is 24.9. The van der Waals surface area contributed by atoms with Gasteiger partial charge in [-0.3, -0.25) is 15.0 Å². The summed E-state index contributed by atoms with van der Waals surface area (Å²) in [7, 11) is 0. The van der Waals surface area contributed by atoms with Crippen LogP contribution in [0, 0.1) is 6.92 Å². The Kier molecular flexibility index (Phi) is 4.55. The molecule has 3 aliphatic rings. The Morgan fingerprint density at radius 2 is 2.07 bits per heavy atom. The van der Waals surface area contributed by atoms with E-state index in [1.54, 1.807) is 11.1 Å². The van der Waals surface area contributed by atoms with E-state index in [0.717, 1.165) is 61.1 Å². The van der Waals surface area contributed by atoms with Gasteiger partial charge in [0.2, 0.25) is 5.91 Å². The fourth-order valence-corrected chi connectivity index (χ4v) is 4.87. The number of aromatic nitrogens is 2. The van der Waals surface area contributed by atoms with Gasteiger partial charge in [0.25, 0.3) is 0 Å². The molecule has 3 fully saturated rings. The van der Waals surface area contributed by atoms with Crippen LogP contribution >= 0.6 is 0 Å². The van der Waals surface area contributed by atoms with Gasteiger partial charge in [-0.15, -0.1) is 0 Å². The number of carbonyl (C=O) groups excluding carboxylic acids is 2. The fraction of sp³-hybridized carbons (Fsp3) is 0.571. The van der Waals surface area contributed by atoms with E-state index >= 15 is 0 Å². The second kappa shape index (κ2) is 7.11. The number of ether oxygens (including phenoxy) is 1. The molecule has 0 radical (unpaired) electrons. The first kappa shape index (κ1) is 18.6. The van der Waals surface area contributed by atoms with Gasteiger partial charge in [-0.1, -0.05) is 0 Å². The maximum Gasteiger partial charge on any atom is 0.328 e. The molecule has 29 heavy (non-hydrogen) atoms. The van der Waals surface area contributed by atoms with Gasteiger partial charge in [-0.05, 0) is 57.3 Å². The van der Waals surface area contributed by atoms with E-state index < -0.39 is 0 Å². The number of rotatable bonds is 2. The molecule has 154 valence electrons. The molecule has 0 bridgehead atoms. The van der Waals surface area contributed by atoms with Crippen LogP contribution in [0.1, 0.15) is 43.7 Å². The summed E-state index contributed by atoms with van der Waals surface area (Å²) in [6, 6.07) is 1.90. The Hall–Kier alpha value is -2.45. The lowest BCUT2D eigenvalue weighted by atomic mass is 9.84. The molecule has 0 saturated carbocycles. The van der Waals surface area contributed by atoms with Crippen LogP contribution in [0.2, 0.25) is 0 Å². The zero-order valence-electron chi connectivity index (χ0n) is 16.7. The van der Waals surface area contributed by atoms with Crippen LogP contribution in [0.5, 0.6) is 0 Å². The third kappa shape index (κ3) is 3.30. The van der Waals surface area contributed by atoms with Crippen LogP contribution < -0.4 is 15.5 Å². The molecular weight excluding hydrogens is 370 g/mol. The summed E-state index contributed by atoms with van der Waals surface area (Å²) in [5.41, 5.74) is 2.83. The first-order valence-electron chi connectivity index (χ1n) is 10.5. The summed E-state index contributed by atoms with van der Waals surface area (Å²) in [4.78, 5) is 29.9. The zero-order chi connectivity index (χ0) is 20.0. The predicted molar refractivity (Wildman–Crippen MR) is 109 cm³/mol. The van der Waals surface area contributed by atoms with E-state index in [0.29, 0.717) is 19.6 Å². The Balaban J connectivity index is 1.39. The predicted octanol–water partition coefficient (Wildman–Crippen LogP) is 2.26. The number of nitrogens with one attached hydrogen (secondary N) is 2. The molecular formula is C21H27N5O3. The molecule has 1 spiro atoms. The van der Waals surface area contributed by atoms with Crippen LogP contribution in [-0.4, -0.2) is 53.3 Å². The average Bonchev–Trinajstić information content (AvgIpc) is 3.05. The fourth-order valence-electron chi connectivity index (χ4n) is 4.87. The largest absolute Gasteiger partial charge is 0.373 e. The highest BCUT2D eigenvalue weighted by Gasteiger charge is 2.38. The summed E-state index contributed by atoms with van der Waals surface area (Å²) in [5.74, 6) is -0.230. The van der Waals surface area contributed by atoms with Crippen molar-refractivity contribution in [2.75, 3.05) is 31.1 Å². The summed E-state index contributed by atoms with van der Waals surface area (Å²) < 4.78 is 8.63. The maximum atomic E-state index is 12.2. The summed E-state index contributed by atoms with van der Waals surface area (Å²) in [6.45, 7) is 5.24. The van der Waals surface area contributed by atoms with E-state index in [-0.39, 0.29) is 23.6 Å².